The maximum Gasteiger partial charge on any atom is 0.407 e. The van der Waals surface area contributed by atoms with Gasteiger partial charge in [0.25, 0.3) is 0 Å². The Kier molecular flexibility index (Phi) is 11.9. The van der Waals surface area contributed by atoms with Crippen molar-refractivity contribution in [3.8, 4) is 39.7 Å². The summed E-state index contributed by atoms with van der Waals surface area (Å²) in [5, 5.41) is 17.3. The van der Waals surface area contributed by atoms with E-state index in [1.54, 1.807) is 6.20 Å². The second-order valence-corrected chi connectivity index (χ2v) is 17.3. The van der Waals surface area contributed by atoms with Crippen molar-refractivity contribution >= 4 is 34.6 Å². The second kappa shape index (κ2) is 17.4. The number of nitrogens with zero attached hydrogens (tertiary/aromatic N) is 5. The lowest BCUT2D eigenvalue weighted by Crippen LogP contribution is -2.51. The Labute approximate surface area is 360 Å². The minimum atomic E-state index is -0.693. The summed E-state index contributed by atoms with van der Waals surface area (Å²) in [7, 11) is 2.56. The number of nitrogens with one attached hydrogen (secondary N) is 4. The van der Waals surface area contributed by atoms with Crippen LogP contribution in [0.25, 0.3) is 44.4 Å². The third-order valence-corrected chi connectivity index (χ3v) is 12.9. The molecule has 2 aliphatic heterocycles. The molecule has 1 spiro atoms. The third-order valence-electron chi connectivity index (χ3n) is 12.9. The lowest BCUT2D eigenvalue weighted by Gasteiger charge is -2.30. The van der Waals surface area contributed by atoms with Crippen molar-refractivity contribution in [2.75, 3.05) is 33.9 Å². The molecule has 0 radical (unpaired) electrons. The quantitative estimate of drug-likeness (QED) is 0.0933. The Morgan fingerprint density at radius 2 is 1.42 bits per heavy atom. The summed E-state index contributed by atoms with van der Waals surface area (Å²) in [5.74, 6) is 0.821. The Morgan fingerprint density at radius 3 is 2.03 bits per heavy atom. The van der Waals surface area contributed by atoms with Crippen molar-refractivity contribution in [1.29, 1.82) is 5.26 Å². The molecule has 15 heteroatoms. The molecule has 4 heterocycles. The Morgan fingerprint density at radius 1 is 0.839 bits per heavy atom. The van der Waals surface area contributed by atoms with Gasteiger partial charge in [0.2, 0.25) is 5.91 Å². The molecule has 2 aromatic heterocycles. The zero-order valence-corrected chi connectivity index (χ0v) is 35.7. The lowest BCUT2D eigenvalue weighted by atomic mass is 9.98. The highest BCUT2D eigenvalue weighted by atomic mass is 16.5. The third kappa shape index (κ3) is 8.65. The molecule has 322 valence electrons. The summed E-state index contributed by atoms with van der Waals surface area (Å²) in [6, 6.07) is 21.5. The van der Waals surface area contributed by atoms with Crippen molar-refractivity contribution < 1.29 is 28.7 Å². The van der Waals surface area contributed by atoms with Crippen LogP contribution in [0.5, 0.6) is 0 Å². The zero-order chi connectivity index (χ0) is 43.7. The number of ketones is 1. The molecule has 1 aliphatic carbocycles. The number of rotatable bonds is 13. The number of nitriles is 1. The van der Waals surface area contributed by atoms with Crippen LogP contribution in [-0.4, -0.2) is 99.6 Å². The smallest absolute Gasteiger partial charge is 0.407 e. The van der Waals surface area contributed by atoms with E-state index < -0.39 is 24.3 Å². The van der Waals surface area contributed by atoms with Gasteiger partial charge in [-0.1, -0.05) is 69.3 Å². The van der Waals surface area contributed by atoms with Crippen LogP contribution >= 0.6 is 0 Å². The number of carbonyl (C=O) groups is 4. The summed E-state index contributed by atoms with van der Waals surface area (Å²) < 4.78 is 9.51. The number of likely N-dealkylation sites (tertiary alicyclic amines) is 2. The van der Waals surface area contributed by atoms with E-state index in [0.717, 1.165) is 69.5 Å². The number of benzene rings is 3. The molecule has 62 heavy (non-hydrogen) atoms. The maximum atomic E-state index is 13.9. The van der Waals surface area contributed by atoms with Gasteiger partial charge in [-0.05, 0) is 83.0 Å². The summed E-state index contributed by atoms with van der Waals surface area (Å²) in [5.41, 5.74) is 5.92. The molecule has 4 N–H and O–H groups in total. The number of alkyl carbamates (subject to hydrolysis) is 2. The number of methoxy groups -OCH3 is 2. The second-order valence-electron chi connectivity index (χ2n) is 17.3. The Hall–Kier alpha value is -6.53. The van der Waals surface area contributed by atoms with Crippen LogP contribution in [0, 0.1) is 28.6 Å². The molecular weight excluding hydrogens is 787 g/mol. The maximum absolute atomic E-state index is 13.9. The summed E-state index contributed by atoms with van der Waals surface area (Å²) >= 11 is 0. The fraction of sp³-hybridized carbons (Fsp3) is 0.426. The summed E-state index contributed by atoms with van der Waals surface area (Å²) in [4.78, 5) is 71.3. The molecule has 3 aliphatic rings. The molecule has 3 amide bonds. The lowest BCUT2D eigenvalue weighted by molar-refractivity contribution is -0.135. The highest BCUT2D eigenvalue weighted by Gasteiger charge is 2.55. The van der Waals surface area contributed by atoms with Gasteiger partial charge >= 0.3 is 12.2 Å². The molecule has 3 fully saturated rings. The first kappa shape index (κ1) is 42.2. The van der Waals surface area contributed by atoms with E-state index in [0.29, 0.717) is 31.8 Å². The van der Waals surface area contributed by atoms with Gasteiger partial charge in [0.05, 0.1) is 74.7 Å². The standard InChI is InChI=1S/C47H53N9O6/c1-6-35(53-45(59)61-4)40(57)25-55-24-28(21-48)17-38(55)42-49-23-37(52-42)34-14-13-32-18-31(11-12-33(32)19-34)29-7-9-30(10-8-29)36-22-50-43(51-36)39-20-47(15-16-47)26-56(39)44(58)41(27(2)3)54-46(60)62-5/h7-14,18-19,22-23,27-28,35,38-39,41H,6,15-17,20,24-26H2,1-5H3,(H,49,52)(H,50,51)(H,53,59)(H,54,60)/t28-,35+,38+,39+,41+/m1/s1. The number of hydrogen-bond acceptors (Lipinski definition) is 10. The zero-order valence-electron chi connectivity index (χ0n) is 35.7. The van der Waals surface area contributed by atoms with Gasteiger partial charge in [-0.25, -0.2) is 19.6 Å². The molecule has 1 saturated carbocycles. The molecular formula is C47H53N9O6. The number of aromatic nitrogens is 4. The molecule has 3 aromatic carbocycles. The van der Waals surface area contributed by atoms with Crippen molar-refractivity contribution in [3.05, 3.63) is 84.7 Å². The number of aromatic amines is 2. The number of ether oxygens (including phenoxy) is 2. The number of fused-ring (bicyclic) bond motifs is 1. The molecule has 8 rings (SSSR count). The van der Waals surface area contributed by atoms with Crippen LogP contribution in [0.15, 0.2) is 73.1 Å². The minimum Gasteiger partial charge on any atom is -0.453 e. The first-order chi connectivity index (χ1) is 29.9. The fourth-order valence-corrected chi connectivity index (χ4v) is 9.07. The first-order valence-electron chi connectivity index (χ1n) is 21.3. The van der Waals surface area contributed by atoms with Crippen LogP contribution in [0.3, 0.4) is 0 Å². The number of H-pyrrole nitrogens is 2. The SMILES string of the molecule is CC[C@H](NC(=O)OC)C(=O)CN1C[C@@H](C#N)C[C@H]1c1ncc(-c2ccc3cc(-c4ccc(-c5cnc([C@@H]6CC7(CC7)CN6C(=O)[C@@H](NC(=O)OC)C(C)C)[nH]5)cc4)ccc3c2)[nH]1. The van der Waals surface area contributed by atoms with E-state index in [9.17, 15) is 24.4 Å². The number of Topliss-reactive ketones (excluding diaryl/α,β-unsaturated/α-hetero) is 1. The largest absolute Gasteiger partial charge is 0.453 e. The number of carbonyl (C=O) groups excluding carboxylic acids is 4. The van der Waals surface area contributed by atoms with Gasteiger partial charge in [0, 0.05) is 18.7 Å². The summed E-state index contributed by atoms with van der Waals surface area (Å²) in [6.45, 7) is 6.83. The average molecular weight is 840 g/mol. The normalized spacial score (nSPS) is 20.2. The van der Waals surface area contributed by atoms with Crippen molar-refractivity contribution in [3.63, 3.8) is 0 Å². The van der Waals surface area contributed by atoms with Gasteiger partial charge in [-0.3, -0.25) is 14.5 Å². The Balaban J connectivity index is 0.946. The van der Waals surface area contributed by atoms with Crippen molar-refractivity contribution in [2.24, 2.45) is 17.3 Å². The Bertz CT molecular complexity index is 2520. The molecule has 0 unspecified atom stereocenters. The van der Waals surface area contributed by atoms with Crippen molar-refractivity contribution in [2.45, 2.75) is 77.0 Å². The molecule has 5 aromatic rings. The average Bonchev–Trinajstić information content (AvgIpc) is 3.77. The number of amides is 3. The van der Waals surface area contributed by atoms with E-state index in [2.05, 4.69) is 87.3 Å². The molecule has 15 nitrogen and oxygen atoms in total. The van der Waals surface area contributed by atoms with Crippen LogP contribution in [0.2, 0.25) is 0 Å². The van der Waals surface area contributed by atoms with Gasteiger partial charge in [0.1, 0.15) is 17.7 Å². The van der Waals surface area contributed by atoms with Crippen LogP contribution in [0.4, 0.5) is 9.59 Å². The number of hydrogen-bond donors (Lipinski definition) is 4. The van der Waals surface area contributed by atoms with Crippen LogP contribution in [0.1, 0.15) is 76.6 Å². The highest BCUT2D eigenvalue weighted by Crippen LogP contribution is 2.58. The molecule has 2 saturated heterocycles. The van der Waals surface area contributed by atoms with E-state index in [-0.39, 0.29) is 47.6 Å². The molecule has 0 bridgehead atoms. The number of imidazole rings is 2. The van der Waals surface area contributed by atoms with Gasteiger partial charge < -0.3 is 35.0 Å². The van der Waals surface area contributed by atoms with Gasteiger partial charge in [-0.15, -0.1) is 0 Å². The van der Waals surface area contributed by atoms with Gasteiger partial charge in [0.15, 0.2) is 5.78 Å². The first-order valence-corrected chi connectivity index (χ1v) is 21.3. The molecule has 5 atom stereocenters. The summed E-state index contributed by atoms with van der Waals surface area (Å²) in [6.07, 6.45) is 6.32. The predicted octanol–water partition coefficient (Wildman–Crippen LogP) is 7.31. The topological polar surface area (TPSA) is 198 Å². The van der Waals surface area contributed by atoms with E-state index in [4.69, 9.17) is 19.4 Å². The predicted molar refractivity (Wildman–Crippen MR) is 232 cm³/mol. The van der Waals surface area contributed by atoms with Crippen LogP contribution < -0.4 is 10.6 Å². The fourth-order valence-electron chi connectivity index (χ4n) is 9.07. The van der Waals surface area contributed by atoms with Crippen LogP contribution in [-0.2, 0) is 19.1 Å². The minimum absolute atomic E-state index is 0.0780. The van der Waals surface area contributed by atoms with E-state index >= 15 is 0 Å². The van der Waals surface area contributed by atoms with Crippen molar-refractivity contribution in [1.82, 2.24) is 40.4 Å². The van der Waals surface area contributed by atoms with E-state index in [1.165, 1.54) is 14.2 Å². The van der Waals surface area contributed by atoms with E-state index in [1.807, 2.05) is 36.8 Å². The monoisotopic (exact) mass is 839 g/mol. The highest BCUT2D eigenvalue weighted by molar-refractivity contribution is 5.91. The van der Waals surface area contributed by atoms with Gasteiger partial charge in [-0.2, -0.15) is 5.26 Å².